The molecule has 0 aliphatic heterocycles. The Balaban J connectivity index is 2.30. The van der Waals surface area contributed by atoms with Crippen molar-refractivity contribution in [2.45, 2.75) is 19.9 Å². The van der Waals surface area contributed by atoms with Crippen LogP contribution in [0.4, 0.5) is 0 Å². The van der Waals surface area contributed by atoms with E-state index >= 15 is 0 Å². The summed E-state index contributed by atoms with van der Waals surface area (Å²) in [7, 11) is 1.95. The largest absolute Gasteiger partial charge is 0.306 e. The maximum absolute atomic E-state index is 4.23. The Kier molecular flexibility index (Phi) is 3.41. The molecule has 2 rings (SSSR count). The minimum absolute atomic E-state index is 0.275. The van der Waals surface area contributed by atoms with Gasteiger partial charge in [0.15, 0.2) is 0 Å². The smallest absolute Gasteiger partial charge is 0.0702 e. The number of aryl methyl sites for hydroxylation is 2. The third kappa shape index (κ3) is 2.33. The van der Waals surface area contributed by atoms with Gasteiger partial charge >= 0.3 is 0 Å². The van der Waals surface area contributed by atoms with Crippen molar-refractivity contribution in [2.24, 2.45) is 7.05 Å². The highest BCUT2D eigenvalue weighted by Crippen LogP contribution is 2.27. The Bertz CT molecular complexity index is 418. The van der Waals surface area contributed by atoms with E-state index in [1.807, 2.05) is 29.3 Å². The fourth-order valence-corrected chi connectivity index (χ4v) is 2.77. The van der Waals surface area contributed by atoms with Crippen molar-refractivity contribution in [2.75, 3.05) is 6.54 Å². The number of thiophene rings is 1. The normalized spacial score (nSPS) is 12.9. The molecular formula is C12H17N3S. The van der Waals surface area contributed by atoms with Crippen LogP contribution in [0, 0.1) is 6.92 Å². The number of nitrogens with zero attached hydrogens (tertiary/aromatic N) is 2. The van der Waals surface area contributed by atoms with Crippen LogP contribution in [0.5, 0.6) is 0 Å². The summed E-state index contributed by atoms with van der Waals surface area (Å²) in [5.74, 6) is 0. The van der Waals surface area contributed by atoms with E-state index in [4.69, 9.17) is 0 Å². The molecule has 2 aromatic rings. The van der Waals surface area contributed by atoms with Crippen molar-refractivity contribution in [1.29, 1.82) is 0 Å². The van der Waals surface area contributed by atoms with Crippen molar-refractivity contribution in [3.63, 3.8) is 0 Å². The number of hydrogen-bond donors (Lipinski definition) is 1. The lowest BCUT2D eigenvalue weighted by molar-refractivity contribution is 0.638. The number of rotatable bonds is 4. The number of hydrogen-bond acceptors (Lipinski definition) is 3. The molecule has 4 heteroatoms. The third-order valence-electron chi connectivity index (χ3n) is 2.51. The highest BCUT2D eigenvalue weighted by Gasteiger charge is 2.15. The van der Waals surface area contributed by atoms with Crippen LogP contribution in [0.3, 0.4) is 0 Å². The molecule has 0 spiro atoms. The van der Waals surface area contributed by atoms with Gasteiger partial charge in [0.1, 0.15) is 0 Å². The van der Waals surface area contributed by atoms with Gasteiger partial charge in [-0.05, 0) is 25.6 Å². The van der Waals surface area contributed by atoms with E-state index in [2.05, 4.69) is 42.6 Å². The lowest BCUT2D eigenvalue weighted by Gasteiger charge is -2.14. The molecule has 2 heterocycles. The molecule has 0 aliphatic rings. The van der Waals surface area contributed by atoms with Crippen molar-refractivity contribution in [3.05, 3.63) is 39.8 Å². The average Bonchev–Trinajstić information content (AvgIpc) is 2.84. The molecule has 0 aromatic carbocycles. The fraction of sp³-hybridized carbons (Fsp3) is 0.417. The van der Waals surface area contributed by atoms with Crippen LogP contribution in [0.2, 0.25) is 0 Å². The van der Waals surface area contributed by atoms with E-state index in [1.54, 1.807) is 0 Å². The molecule has 16 heavy (non-hydrogen) atoms. The second kappa shape index (κ2) is 4.80. The van der Waals surface area contributed by atoms with Gasteiger partial charge < -0.3 is 5.32 Å². The summed E-state index contributed by atoms with van der Waals surface area (Å²) < 4.78 is 1.85. The van der Waals surface area contributed by atoms with Gasteiger partial charge in [-0.2, -0.15) is 5.10 Å². The number of aromatic nitrogens is 2. The van der Waals surface area contributed by atoms with Crippen LogP contribution < -0.4 is 5.32 Å². The SMILES string of the molecule is CCNC(c1cnn(C)c1)c1ccc(C)s1. The molecule has 0 saturated carbocycles. The van der Waals surface area contributed by atoms with Gasteiger partial charge in [0.2, 0.25) is 0 Å². The van der Waals surface area contributed by atoms with Gasteiger partial charge in [0, 0.05) is 28.6 Å². The molecule has 1 unspecified atom stereocenters. The van der Waals surface area contributed by atoms with Crippen LogP contribution in [0.25, 0.3) is 0 Å². The predicted octanol–water partition coefficient (Wildman–Crippen LogP) is 2.49. The van der Waals surface area contributed by atoms with Crippen molar-refractivity contribution in [1.82, 2.24) is 15.1 Å². The Hall–Kier alpha value is -1.13. The molecular weight excluding hydrogens is 218 g/mol. The van der Waals surface area contributed by atoms with E-state index in [1.165, 1.54) is 15.3 Å². The molecule has 0 saturated heterocycles. The Labute approximate surface area is 100 Å². The minimum Gasteiger partial charge on any atom is -0.306 e. The lowest BCUT2D eigenvalue weighted by Crippen LogP contribution is -2.20. The first-order chi connectivity index (χ1) is 7.70. The van der Waals surface area contributed by atoms with Crippen LogP contribution in [0.15, 0.2) is 24.5 Å². The zero-order chi connectivity index (χ0) is 11.5. The summed E-state index contributed by atoms with van der Waals surface area (Å²) in [6, 6.07) is 4.64. The molecule has 0 fully saturated rings. The van der Waals surface area contributed by atoms with Gasteiger partial charge in [0.25, 0.3) is 0 Å². The zero-order valence-corrected chi connectivity index (χ0v) is 10.7. The van der Waals surface area contributed by atoms with E-state index in [-0.39, 0.29) is 6.04 Å². The van der Waals surface area contributed by atoms with Crippen molar-refractivity contribution in [3.8, 4) is 0 Å². The first-order valence-electron chi connectivity index (χ1n) is 5.49. The standard InChI is InChI=1S/C12H17N3S/c1-4-13-12(10-7-14-15(3)8-10)11-6-5-9(2)16-11/h5-8,12-13H,4H2,1-3H3. The average molecular weight is 235 g/mol. The predicted molar refractivity (Wildman–Crippen MR) is 67.8 cm³/mol. The fourth-order valence-electron chi connectivity index (χ4n) is 1.78. The monoisotopic (exact) mass is 235 g/mol. The maximum Gasteiger partial charge on any atom is 0.0702 e. The van der Waals surface area contributed by atoms with Crippen LogP contribution >= 0.6 is 11.3 Å². The van der Waals surface area contributed by atoms with Crippen LogP contribution in [-0.2, 0) is 7.05 Å². The summed E-state index contributed by atoms with van der Waals surface area (Å²) in [6.07, 6.45) is 4.00. The summed E-state index contributed by atoms with van der Waals surface area (Å²) in [6.45, 7) is 5.22. The molecule has 0 bridgehead atoms. The topological polar surface area (TPSA) is 29.9 Å². The minimum atomic E-state index is 0.275. The van der Waals surface area contributed by atoms with Gasteiger partial charge in [0.05, 0.1) is 12.2 Å². The molecule has 1 atom stereocenters. The van der Waals surface area contributed by atoms with Gasteiger partial charge in [-0.3, -0.25) is 4.68 Å². The zero-order valence-electron chi connectivity index (χ0n) is 9.90. The summed E-state index contributed by atoms with van der Waals surface area (Å²) in [5.41, 5.74) is 1.23. The first kappa shape index (κ1) is 11.4. The van der Waals surface area contributed by atoms with Crippen molar-refractivity contribution < 1.29 is 0 Å². The molecule has 2 aromatic heterocycles. The molecule has 1 N–H and O–H groups in total. The highest BCUT2D eigenvalue weighted by atomic mass is 32.1. The van der Waals surface area contributed by atoms with E-state index < -0.39 is 0 Å². The Morgan fingerprint density at radius 3 is 2.81 bits per heavy atom. The third-order valence-corrected chi connectivity index (χ3v) is 3.58. The van der Waals surface area contributed by atoms with Crippen molar-refractivity contribution >= 4 is 11.3 Å². The Morgan fingerprint density at radius 1 is 1.50 bits per heavy atom. The van der Waals surface area contributed by atoms with E-state index in [0.717, 1.165) is 6.54 Å². The molecule has 0 amide bonds. The molecule has 0 aliphatic carbocycles. The summed E-state index contributed by atoms with van der Waals surface area (Å²) >= 11 is 1.84. The first-order valence-corrected chi connectivity index (χ1v) is 6.30. The van der Waals surface area contributed by atoms with Gasteiger partial charge in [-0.25, -0.2) is 0 Å². The molecule has 86 valence electrons. The van der Waals surface area contributed by atoms with Gasteiger partial charge in [-0.1, -0.05) is 6.92 Å². The van der Waals surface area contributed by atoms with E-state index in [9.17, 15) is 0 Å². The van der Waals surface area contributed by atoms with Gasteiger partial charge in [-0.15, -0.1) is 11.3 Å². The second-order valence-electron chi connectivity index (χ2n) is 3.89. The maximum atomic E-state index is 4.23. The van der Waals surface area contributed by atoms with Crippen LogP contribution in [0.1, 0.15) is 28.3 Å². The lowest BCUT2D eigenvalue weighted by atomic mass is 10.1. The summed E-state index contributed by atoms with van der Waals surface area (Å²) in [5, 5.41) is 7.73. The highest BCUT2D eigenvalue weighted by molar-refractivity contribution is 7.12. The molecule has 0 radical (unpaired) electrons. The second-order valence-corrected chi connectivity index (χ2v) is 5.21. The Morgan fingerprint density at radius 2 is 2.31 bits per heavy atom. The summed E-state index contributed by atoms with van der Waals surface area (Å²) in [4.78, 5) is 2.70. The quantitative estimate of drug-likeness (QED) is 0.882. The molecule has 3 nitrogen and oxygen atoms in total. The van der Waals surface area contributed by atoms with E-state index in [0.29, 0.717) is 0 Å². The van der Waals surface area contributed by atoms with Crippen LogP contribution in [-0.4, -0.2) is 16.3 Å². The number of nitrogens with one attached hydrogen (secondary N) is 1.